The third kappa shape index (κ3) is 3.12. The zero-order valence-corrected chi connectivity index (χ0v) is 16.5. The number of aryl methyl sites for hydroxylation is 1. The number of aromatic amines is 1. The Balaban J connectivity index is 1.57. The summed E-state index contributed by atoms with van der Waals surface area (Å²) in [4.78, 5) is 31.4. The number of rotatable bonds is 4. The SMILES string of the molecule is Cc1ccnc(-c2cnc3[nH]cc(C(=O)c4cccc(N5CCCC5)c4F)c3c2)n1. The highest BCUT2D eigenvalue weighted by Crippen LogP contribution is 2.29. The van der Waals surface area contributed by atoms with Crippen LogP contribution in [0.5, 0.6) is 0 Å². The standard InChI is InChI=1S/C23H20FN5O/c1-14-7-8-25-22(28-14)15-11-17-18(13-27-23(17)26-12-15)21(30)16-5-4-6-19(20(16)24)29-9-2-3-10-29/h4-8,11-13H,2-3,9-10H2,1H3,(H,26,27). The molecule has 1 aliphatic rings. The molecule has 150 valence electrons. The van der Waals surface area contributed by atoms with E-state index in [9.17, 15) is 4.79 Å². The van der Waals surface area contributed by atoms with Crippen LogP contribution in [0.4, 0.5) is 10.1 Å². The van der Waals surface area contributed by atoms with Crippen molar-refractivity contribution in [1.29, 1.82) is 0 Å². The molecule has 6 nitrogen and oxygen atoms in total. The van der Waals surface area contributed by atoms with Gasteiger partial charge >= 0.3 is 0 Å². The molecule has 1 saturated heterocycles. The summed E-state index contributed by atoms with van der Waals surface area (Å²) in [6.45, 7) is 3.51. The van der Waals surface area contributed by atoms with Crippen LogP contribution in [0.1, 0.15) is 34.5 Å². The van der Waals surface area contributed by atoms with E-state index in [0.717, 1.165) is 31.6 Å². The summed E-state index contributed by atoms with van der Waals surface area (Å²) in [7, 11) is 0. The number of hydrogen-bond donors (Lipinski definition) is 1. The molecule has 5 rings (SSSR count). The number of carbonyl (C=O) groups is 1. The van der Waals surface area contributed by atoms with Crippen LogP contribution in [0.15, 0.2) is 48.9 Å². The van der Waals surface area contributed by atoms with Crippen molar-refractivity contribution in [2.75, 3.05) is 18.0 Å². The molecule has 1 fully saturated rings. The molecular weight excluding hydrogens is 381 g/mol. The summed E-state index contributed by atoms with van der Waals surface area (Å²) in [5, 5.41) is 0.619. The van der Waals surface area contributed by atoms with Gasteiger partial charge in [-0.25, -0.2) is 19.3 Å². The second kappa shape index (κ2) is 7.33. The molecule has 3 aromatic heterocycles. The van der Waals surface area contributed by atoms with Crippen LogP contribution in [0.25, 0.3) is 22.4 Å². The molecule has 1 aromatic carbocycles. The summed E-state index contributed by atoms with van der Waals surface area (Å²) in [6, 6.07) is 8.65. The number of H-pyrrole nitrogens is 1. The first kappa shape index (κ1) is 18.4. The highest BCUT2D eigenvalue weighted by atomic mass is 19.1. The summed E-state index contributed by atoms with van der Waals surface area (Å²) >= 11 is 0. The van der Waals surface area contributed by atoms with Crippen molar-refractivity contribution in [1.82, 2.24) is 19.9 Å². The van der Waals surface area contributed by atoms with Gasteiger partial charge < -0.3 is 9.88 Å². The first-order chi connectivity index (χ1) is 14.6. The smallest absolute Gasteiger partial charge is 0.198 e. The second-order valence-electron chi connectivity index (χ2n) is 7.51. The third-order valence-corrected chi connectivity index (χ3v) is 5.50. The maximum absolute atomic E-state index is 15.2. The molecule has 1 aliphatic heterocycles. The van der Waals surface area contributed by atoms with Crippen molar-refractivity contribution in [3.8, 4) is 11.4 Å². The molecule has 4 aromatic rings. The maximum Gasteiger partial charge on any atom is 0.198 e. The number of ketones is 1. The van der Waals surface area contributed by atoms with Gasteiger partial charge in [-0.05, 0) is 44.0 Å². The molecule has 0 amide bonds. The number of aromatic nitrogens is 4. The summed E-state index contributed by atoms with van der Waals surface area (Å²) in [5.74, 6) is -0.306. The molecule has 0 saturated carbocycles. The molecular formula is C23H20FN5O. The van der Waals surface area contributed by atoms with Gasteiger partial charge in [0.2, 0.25) is 0 Å². The van der Waals surface area contributed by atoms with E-state index in [-0.39, 0.29) is 11.3 Å². The number of fused-ring (bicyclic) bond motifs is 1. The number of benzene rings is 1. The minimum atomic E-state index is -0.468. The molecule has 30 heavy (non-hydrogen) atoms. The second-order valence-corrected chi connectivity index (χ2v) is 7.51. The zero-order valence-electron chi connectivity index (χ0n) is 16.5. The van der Waals surface area contributed by atoms with E-state index < -0.39 is 5.82 Å². The fraction of sp³-hybridized carbons (Fsp3) is 0.217. The lowest BCUT2D eigenvalue weighted by Crippen LogP contribution is -2.20. The van der Waals surface area contributed by atoms with Crippen molar-refractivity contribution < 1.29 is 9.18 Å². The normalized spacial score (nSPS) is 13.9. The highest BCUT2D eigenvalue weighted by Gasteiger charge is 2.23. The van der Waals surface area contributed by atoms with Gasteiger partial charge in [0.05, 0.1) is 11.3 Å². The number of hydrogen-bond acceptors (Lipinski definition) is 5. The Morgan fingerprint density at radius 2 is 1.97 bits per heavy atom. The molecule has 0 atom stereocenters. The molecule has 0 bridgehead atoms. The largest absolute Gasteiger partial charge is 0.369 e. The average Bonchev–Trinajstić information content (AvgIpc) is 3.43. The van der Waals surface area contributed by atoms with Gasteiger partial charge in [0.25, 0.3) is 0 Å². The Labute approximate surface area is 172 Å². The van der Waals surface area contributed by atoms with Gasteiger partial charge in [-0.2, -0.15) is 0 Å². The van der Waals surface area contributed by atoms with Crippen molar-refractivity contribution >= 4 is 22.5 Å². The van der Waals surface area contributed by atoms with Crippen LogP contribution in [0.3, 0.4) is 0 Å². The Morgan fingerprint density at radius 1 is 1.13 bits per heavy atom. The minimum absolute atomic E-state index is 0.0671. The average molecular weight is 401 g/mol. The van der Waals surface area contributed by atoms with Crippen molar-refractivity contribution in [3.05, 3.63) is 71.6 Å². The zero-order chi connectivity index (χ0) is 20.7. The topological polar surface area (TPSA) is 74.8 Å². The summed E-state index contributed by atoms with van der Waals surface area (Å²) in [6.07, 6.45) is 7.01. The van der Waals surface area contributed by atoms with E-state index in [4.69, 9.17) is 0 Å². The van der Waals surface area contributed by atoms with Crippen LogP contribution in [0.2, 0.25) is 0 Å². The molecule has 0 radical (unpaired) electrons. The highest BCUT2D eigenvalue weighted by molar-refractivity contribution is 6.16. The van der Waals surface area contributed by atoms with Gasteiger partial charge in [-0.1, -0.05) is 6.07 Å². The lowest BCUT2D eigenvalue weighted by Gasteiger charge is -2.19. The van der Waals surface area contributed by atoms with E-state index >= 15 is 4.39 Å². The van der Waals surface area contributed by atoms with E-state index in [2.05, 4.69) is 19.9 Å². The molecule has 1 N–H and O–H groups in total. The van der Waals surface area contributed by atoms with Crippen LogP contribution < -0.4 is 4.90 Å². The Bertz CT molecular complexity index is 1260. The van der Waals surface area contributed by atoms with Crippen molar-refractivity contribution in [3.63, 3.8) is 0 Å². The predicted molar refractivity (Wildman–Crippen MR) is 113 cm³/mol. The van der Waals surface area contributed by atoms with Gasteiger partial charge in [0.1, 0.15) is 5.65 Å². The molecule has 0 spiro atoms. The molecule has 7 heteroatoms. The summed E-state index contributed by atoms with van der Waals surface area (Å²) in [5.41, 5.74) is 3.04. The lowest BCUT2D eigenvalue weighted by atomic mass is 10.0. The van der Waals surface area contributed by atoms with Crippen LogP contribution in [-0.2, 0) is 0 Å². The fourth-order valence-corrected chi connectivity index (χ4v) is 3.94. The Kier molecular flexibility index (Phi) is 4.50. The number of pyridine rings is 1. The first-order valence-corrected chi connectivity index (χ1v) is 9.97. The van der Waals surface area contributed by atoms with Crippen LogP contribution in [-0.4, -0.2) is 38.8 Å². The van der Waals surface area contributed by atoms with Gasteiger partial charge in [0, 0.05) is 53.9 Å². The monoisotopic (exact) mass is 401 g/mol. The number of carbonyl (C=O) groups excluding carboxylic acids is 1. The predicted octanol–water partition coefficient (Wildman–Crippen LogP) is 4.30. The van der Waals surface area contributed by atoms with Gasteiger partial charge in [-0.3, -0.25) is 4.79 Å². The van der Waals surface area contributed by atoms with Crippen LogP contribution in [0, 0.1) is 12.7 Å². The molecule has 0 unspecified atom stereocenters. The van der Waals surface area contributed by atoms with Gasteiger partial charge in [0.15, 0.2) is 17.4 Å². The Hall–Kier alpha value is -3.61. The van der Waals surface area contributed by atoms with Gasteiger partial charge in [-0.15, -0.1) is 0 Å². The molecule has 0 aliphatic carbocycles. The fourth-order valence-electron chi connectivity index (χ4n) is 3.94. The number of nitrogens with one attached hydrogen (secondary N) is 1. The number of halogens is 1. The lowest BCUT2D eigenvalue weighted by molar-refractivity contribution is 0.103. The van der Waals surface area contributed by atoms with E-state index in [1.54, 1.807) is 30.7 Å². The number of anilines is 1. The first-order valence-electron chi connectivity index (χ1n) is 9.97. The molecule has 4 heterocycles. The van der Waals surface area contributed by atoms with Crippen LogP contribution >= 0.6 is 0 Å². The van der Waals surface area contributed by atoms with Crippen molar-refractivity contribution in [2.45, 2.75) is 19.8 Å². The summed E-state index contributed by atoms with van der Waals surface area (Å²) < 4.78 is 15.2. The third-order valence-electron chi connectivity index (χ3n) is 5.50. The minimum Gasteiger partial charge on any atom is -0.369 e. The quantitative estimate of drug-likeness (QED) is 0.516. The van der Waals surface area contributed by atoms with Crippen molar-refractivity contribution in [2.24, 2.45) is 0 Å². The maximum atomic E-state index is 15.2. The van der Waals surface area contributed by atoms with E-state index in [1.807, 2.05) is 24.0 Å². The Morgan fingerprint density at radius 3 is 2.77 bits per heavy atom. The number of nitrogens with zero attached hydrogens (tertiary/aromatic N) is 4. The van der Waals surface area contributed by atoms with E-state index in [1.165, 1.54) is 6.07 Å². The van der Waals surface area contributed by atoms with E-state index in [0.29, 0.717) is 33.7 Å².